The molecule has 1 aromatic carbocycles. The summed E-state index contributed by atoms with van der Waals surface area (Å²) in [5.41, 5.74) is 3.85. The predicted octanol–water partition coefficient (Wildman–Crippen LogP) is 3.54. The van der Waals surface area contributed by atoms with E-state index >= 15 is 0 Å². The summed E-state index contributed by atoms with van der Waals surface area (Å²) in [4.78, 5) is 11.8. The van der Waals surface area contributed by atoms with Crippen LogP contribution < -0.4 is 5.32 Å². The van der Waals surface area contributed by atoms with Crippen molar-refractivity contribution >= 4 is 5.91 Å². The van der Waals surface area contributed by atoms with E-state index < -0.39 is 0 Å². The molecule has 0 atom stereocenters. The van der Waals surface area contributed by atoms with Gasteiger partial charge in [0.25, 0.3) is 0 Å². The van der Waals surface area contributed by atoms with Crippen LogP contribution in [0.4, 0.5) is 0 Å². The lowest BCUT2D eigenvalue weighted by Gasteiger charge is -2.14. The average molecular weight is 247 g/mol. The van der Waals surface area contributed by atoms with E-state index in [0.29, 0.717) is 12.5 Å². The largest absolute Gasteiger partial charge is 0.353 e. The highest BCUT2D eigenvalue weighted by atomic mass is 16.1. The van der Waals surface area contributed by atoms with Crippen molar-refractivity contribution < 1.29 is 4.79 Å². The molecule has 18 heavy (non-hydrogen) atoms. The van der Waals surface area contributed by atoms with Crippen LogP contribution in [0.25, 0.3) is 0 Å². The molecule has 0 saturated carbocycles. The van der Waals surface area contributed by atoms with Gasteiger partial charge in [-0.15, -0.1) is 0 Å². The monoisotopic (exact) mass is 247 g/mol. The lowest BCUT2D eigenvalue weighted by atomic mass is 10.0. The molecule has 0 aliphatic carbocycles. The molecule has 0 spiro atoms. The Morgan fingerprint density at radius 1 is 1.17 bits per heavy atom. The number of rotatable bonds is 6. The lowest BCUT2D eigenvalue weighted by Crippen LogP contribution is -2.33. The maximum atomic E-state index is 11.8. The van der Waals surface area contributed by atoms with E-state index in [2.05, 4.69) is 51.2 Å². The Hall–Kier alpha value is -1.31. The summed E-state index contributed by atoms with van der Waals surface area (Å²) < 4.78 is 0. The van der Waals surface area contributed by atoms with E-state index in [9.17, 15) is 4.79 Å². The Labute approximate surface area is 111 Å². The molecular formula is C16H25NO. The number of carbonyl (C=O) groups excluding carboxylic acids is 1. The lowest BCUT2D eigenvalue weighted by molar-refractivity contribution is -0.121. The first-order valence-electron chi connectivity index (χ1n) is 6.92. The van der Waals surface area contributed by atoms with Gasteiger partial charge in [-0.3, -0.25) is 4.79 Å². The zero-order valence-corrected chi connectivity index (χ0v) is 12.0. The Bertz CT molecular complexity index is 394. The molecule has 0 unspecified atom stereocenters. The van der Waals surface area contributed by atoms with Gasteiger partial charge in [-0.2, -0.15) is 0 Å². The summed E-state index contributed by atoms with van der Waals surface area (Å²) in [6.45, 7) is 8.44. The van der Waals surface area contributed by atoms with E-state index in [1.54, 1.807) is 0 Å². The maximum Gasteiger partial charge on any atom is 0.220 e. The van der Waals surface area contributed by atoms with Crippen molar-refractivity contribution in [1.82, 2.24) is 5.32 Å². The van der Waals surface area contributed by atoms with Gasteiger partial charge >= 0.3 is 0 Å². The fourth-order valence-electron chi connectivity index (χ4n) is 2.01. The molecular weight excluding hydrogens is 222 g/mol. The number of amides is 1. The number of aryl methyl sites for hydroxylation is 3. The van der Waals surface area contributed by atoms with Crippen molar-refractivity contribution in [2.75, 3.05) is 0 Å². The molecule has 100 valence electrons. The molecule has 0 heterocycles. The minimum absolute atomic E-state index is 0.168. The van der Waals surface area contributed by atoms with Gasteiger partial charge in [-0.25, -0.2) is 0 Å². The van der Waals surface area contributed by atoms with Crippen molar-refractivity contribution in [2.24, 2.45) is 0 Å². The van der Waals surface area contributed by atoms with Crippen molar-refractivity contribution in [2.45, 2.75) is 59.4 Å². The van der Waals surface area contributed by atoms with Crippen LogP contribution in [0.2, 0.25) is 0 Å². The van der Waals surface area contributed by atoms with Gasteiger partial charge in [-0.05, 0) is 49.8 Å². The molecule has 0 bridgehead atoms. The van der Waals surface area contributed by atoms with Crippen molar-refractivity contribution in [3.63, 3.8) is 0 Å². The first-order valence-corrected chi connectivity index (χ1v) is 6.92. The SMILES string of the molecule is CCC(CC)NC(=O)CCc1ccc(C)c(C)c1. The van der Waals surface area contributed by atoms with Crippen LogP contribution in [-0.2, 0) is 11.2 Å². The van der Waals surface area contributed by atoms with Crippen LogP contribution in [0.5, 0.6) is 0 Å². The van der Waals surface area contributed by atoms with Crippen molar-refractivity contribution in [1.29, 1.82) is 0 Å². The van der Waals surface area contributed by atoms with Crippen LogP contribution in [-0.4, -0.2) is 11.9 Å². The predicted molar refractivity (Wildman–Crippen MR) is 76.7 cm³/mol. The Morgan fingerprint density at radius 2 is 1.83 bits per heavy atom. The summed E-state index contributed by atoms with van der Waals surface area (Å²) in [6.07, 6.45) is 3.42. The van der Waals surface area contributed by atoms with E-state index in [0.717, 1.165) is 19.3 Å². The normalized spacial score (nSPS) is 10.7. The smallest absolute Gasteiger partial charge is 0.220 e. The molecule has 1 amide bonds. The fourth-order valence-corrected chi connectivity index (χ4v) is 2.01. The molecule has 0 aliphatic heterocycles. The second kappa shape index (κ2) is 7.20. The molecule has 1 aromatic rings. The van der Waals surface area contributed by atoms with Gasteiger partial charge in [0.05, 0.1) is 0 Å². The first kappa shape index (κ1) is 14.7. The third-order valence-corrected chi connectivity index (χ3v) is 3.56. The van der Waals surface area contributed by atoms with Crippen LogP contribution in [0.15, 0.2) is 18.2 Å². The molecule has 0 aromatic heterocycles. The zero-order chi connectivity index (χ0) is 13.5. The van der Waals surface area contributed by atoms with E-state index in [1.165, 1.54) is 16.7 Å². The molecule has 0 saturated heterocycles. The van der Waals surface area contributed by atoms with Crippen molar-refractivity contribution in [3.8, 4) is 0 Å². The summed E-state index contributed by atoms with van der Waals surface area (Å²) in [5, 5.41) is 3.07. The van der Waals surface area contributed by atoms with Gasteiger partial charge < -0.3 is 5.32 Å². The van der Waals surface area contributed by atoms with Crippen LogP contribution >= 0.6 is 0 Å². The second-order valence-corrected chi connectivity index (χ2v) is 5.00. The highest BCUT2D eigenvalue weighted by Gasteiger charge is 2.08. The Morgan fingerprint density at radius 3 is 2.39 bits per heavy atom. The fraction of sp³-hybridized carbons (Fsp3) is 0.562. The quantitative estimate of drug-likeness (QED) is 0.818. The highest BCUT2D eigenvalue weighted by molar-refractivity contribution is 5.76. The number of hydrogen-bond donors (Lipinski definition) is 1. The zero-order valence-electron chi connectivity index (χ0n) is 12.0. The minimum atomic E-state index is 0.168. The van der Waals surface area contributed by atoms with Gasteiger partial charge in [0.15, 0.2) is 0 Å². The maximum absolute atomic E-state index is 11.8. The van der Waals surface area contributed by atoms with Gasteiger partial charge in [0.1, 0.15) is 0 Å². The standard InChI is InChI=1S/C16H25NO/c1-5-15(6-2)17-16(18)10-9-14-8-7-12(3)13(4)11-14/h7-8,11,15H,5-6,9-10H2,1-4H3,(H,17,18). The van der Waals surface area contributed by atoms with E-state index in [4.69, 9.17) is 0 Å². The molecule has 0 radical (unpaired) electrons. The van der Waals surface area contributed by atoms with Gasteiger partial charge in [0.2, 0.25) is 5.91 Å². The number of benzene rings is 1. The van der Waals surface area contributed by atoms with Crippen molar-refractivity contribution in [3.05, 3.63) is 34.9 Å². The molecule has 2 nitrogen and oxygen atoms in total. The Kier molecular flexibility index (Phi) is 5.90. The molecule has 0 aliphatic rings. The summed E-state index contributed by atoms with van der Waals surface area (Å²) in [6, 6.07) is 6.76. The second-order valence-electron chi connectivity index (χ2n) is 5.00. The minimum Gasteiger partial charge on any atom is -0.353 e. The topological polar surface area (TPSA) is 29.1 Å². The third kappa shape index (κ3) is 4.52. The summed E-state index contributed by atoms with van der Waals surface area (Å²) >= 11 is 0. The third-order valence-electron chi connectivity index (χ3n) is 3.56. The van der Waals surface area contributed by atoms with Gasteiger partial charge in [0, 0.05) is 12.5 Å². The van der Waals surface area contributed by atoms with Crippen LogP contribution in [0.3, 0.4) is 0 Å². The first-order chi connectivity index (χ1) is 8.56. The van der Waals surface area contributed by atoms with Crippen LogP contribution in [0, 0.1) is 13.8 Å². The van der Waals surface area contributed by atoms with E-state index in [-0.39, 0.29) is 5.91 Å². The van der Waals surface area contributed by atoms with E-state index in [1.807, 2.05) is 0 Å². The average Bonchev–Trinajstić information content (AvgIpc) is 2.37. The molecule has 0 fully saturated rings. The summed E-state index contributed by atoms with van der Waals surface area (Å²) in [7, 11) is 0. The number of nitrogens with one attached hydrogen (secondary N) is 1. The number of carbonyl (C=O) groups is 1. The van der Waals surface area contributed by atoms with Gasteiger partial charge in [-0.1, -0.05) is 32.0 Å². The Balaban J connectivity index is 2.44. The summed E-state index contributed by atoms with van der Waals surface area (Å²) in [5.74, 6) is 0.168. The van der Waals surface area contributed by atoms with Crippen LogP contribution in [0.1, 0.15) is 49.8 Å². The molecule has 1 rings (SSSR count). The number of hydrogen-bond acceptors (Lipinski definition) is 1. The molecule has 1 N–H and O–H groups in total. The molecule has 2 heteroatoms. The highest BCUT2D eigenvalue weighted by Crippen LogP contribution is 2.11.